The van der Waals surface area contributed by atoms with Gasteiger partial charge in [0.1, 0.15) is 28.5 Å². The van der Waals surface area contributed by atoms with E-state index in [2.05, 4.69) is 15.2 Å². The summed E-state index contributed by atoms with van der Waals surface area (Å²) < 4.78 is 20.2. The van der Waals surface area contributed by atoms with Gasteiger partial charge in [-0.3, -0.25) is 19.3 Å². The molecule has 4 aromatic rings. The van der Waals surface area contributed by atoms with E-state index in [1.807, 2.05) is 0 Å². The summed E-state index contributed by atoms with van der Waals surface area (Å²) in [4.78, 5) is 31.8. The molecule has 1 amide bonds. The number of piperidine rings is 1. The fourth-order valence-electron chi connectivity index (χ4n) is 4.29. The highest BCUT2D eigenvalue weighted by atomic mass is 19.1. The molecular formula is C25H24FN5O4. The molecule has 2 aromatic carbocycles. The second-order valence-corrected chi connectivity index (χ2v) is 8.78. The van der Waals surface area contributed by atoms with Crippen LogP contribution in [0.4, 0.5) is 4.39 Å². The number of halogens is 1. The van der Waals surface area contributed by atoms with E-state index in [0.29, 0.717) is 59.9 Å². The molecule has 0 saturated carbocycles. The van der Waals surface area contributed by atoms with Crippen molar-refractivity contribution in [2.45, 2.75) is 31.9 Å². The zero-order valence-electron chi connectivity index (χ0n) is 19.1. The summed E-state index contributed by atoms with van der Waals surface area (Å²) in [7, 11) is 0. The van der Waals surface area contributed by atoms with E-state index >= 15 is 0 Å². The van der Waals surface area contributed by atoms with Gasteiger partial charge in [0, 0.05) is 18.7 Å². The number of hydrogen-bond donors (Lipinski definition) is 2. The Bertz CT molecular complexity index is 1420. The molecule has 0 bridgehead atoms. The lowest BCUT2D eigenvalue weighted by molar-refractivity contribution is -0.0303. The zero-order valence-corrected chi connectivity index (χ0v) is 19.1. The van der Waals surface area contributed by atoms with Crippen LogP contribution in [0.15, 0.2) is 59.5 Å². The van der Waals surface area contributed by atoms with Crippen molar-refractivity contribution in [2.24, 2.45) is 0 Å². The van der Waals surface area contributed by atoms with Gasteiger partial charge in [-0.05, 0) is 68.3 Å². The molecule has 0 spiro atoms. The molecular weight excluding hydrogens is 453 g/mol. The summed E-state index contributed by atoms with van der Waals surface area (Å²) in [5.74, 6) is 1.03. The van der Waals surface area contributed by atoms with Crippen molar-refractivity contribution in [2.75, 3.05) is 13.1 Å². The van der Waals surface area contributed by atoms with E-state index in [1.54, 1.807) is 36.1 Å². The quantitative estimate of drug-likeness (QED) is 0.457. The summed E-state index contributed by atoms with van der Waals surface area (Å²) in [5.41, 5.74) is -0.456. The summed E-state index contributed by atoms with van der Waals surface area (Å²) in [6.07, 6.45) is 2.10. The fourth-order valence-corrected chi connectivity index (χ4v) is 4.29. The summed E-state index contributed by atoms with van der Waals surface area (Å²) in [6, 6.07) is 12.4. The smallest absolute Gasteiger partial charge is 0.264 e. The number of nitrogens with zero attached hydrogens (tertiary/aromatic N) is 4. The summed E-state index contributed by atoms with van der Waals surface area (Å²) in [5, 5.41) is 18.1. The molecule has 5 rings (SSSR count). The topological polar surface area (TPSA) is 113 Å². The third-order valence-corrected chi connectivity index (χ3v) is 6.34. The Kier molecular flexibility index (Phi) is 5.81. The van der Waals surface area contributed by atoms with E-state index in [4.69, 9.17) is 4.74 Å². The molecule has 0 atom stereocenters. The van der Waals surface area contributed by atoms with Crippen LogP contribution < -0.4 is 10.3 Å². The van der Waals surface area contributed by atoms with Crippen LogP contribution in [0.25, 0.3) is 11.0 Å². The zero-order chi connectivity index (χ0) is 24.6. The molecule has 1 aliphatic heterocycles. The highest BCUT2D eigenvalue weighted by molar-refractivity contribution is 5.94. The highest BCUT2D eigenvalue weighted by Gasteiger charge is 2.35. The molecule has 2 N–H and O–H groups in total. The van der Waals surface area contributed by atoms with Crippen LogP contribution >= 0.6 is 0 Å². The molecule has 1 fully saturated rings. The van der Waals surface area contributed by atoms with Crippen LogP contribution in [-0.4, -0.2) is 54.4 Å². The average molecular weight is 477 g/mol. The second-order valence-electron chi connectivity index (χ2n) is 8.78. The van der Waals surface area contributed by atoms with Gasteiger partial charge in [0.15, 0.2) is 5.65 Å². The largest absolute Gasteiger partial charge is 0.457 e. The van der Waals surface area contributed by atoms with Crippen molar-refractivity contribution in [3.63, 3.8) is 0 Å². The predicted octanol–water partition coefficient (Wildman–Crippen LogP) is 3.03. The van der Waals surface area contributed by atoms with E-state index in [-0.39, 0.29) is 23.8 Å². The first-order chi connectivity index (χ1) is 16.8. The molecule has 0 unspecified atom stereocenters. The first kappa shape index (κ1) is 22.7. The van der Waals surface area contributed by atoms with Crippen LogP contribution in [0.5, 0.6) is 11.5 Å². The maximum atomic E-state index is 13.0. The molecule has 1 saturated heterocycles. The third-order valence-electron chi connectivity index (χ3n) is 6.34. The number of aryl methyl sites for hydroxylation is 1. The Morgan fingerprint density at radius 3 is 2.40 bits per heavy atom. The maximum Gasteiger partial charge on any atom is 0.264 e. The van der Waals surface area contributed by atoms with Crippen molar-refractivity contribution in [3.8, 4) is 11.5 Å². The summed E-state index contributed by atoms with van der Waals surface area (Å²) >= 11 is 0. The van der Waals surface area contributed by atoms with E-state index in [1.165, 1.54) is 35.0 Å². The number of nitrogens with one attached hydrogen (secondary N) is 1. The molecule has 9 nitrogen and oxygen atoms in total. The number of carbonyl (C=O) groups excluding carboxylic acids is 1. The number of fused-ring (bicyclic) bond motifs is 1. The highest BCUT2D eigenvalue weighted by Crippen LogP contribution is 2.27. The number of benzene rings is 2. The Labute approximate surface area is 199 Å². The lowest BCUT2D eigenvalue weighted by Gasteiger charge is -2.38. The minimum atomic E-state index is -1.13. The van der Waals surface area contributed by atoms with Crippen molar-refractivity contribution < 1.29 is 19.0 Å². The molecule has 2 aromatic heterocycles. The fraction of sp³-hybridized carbons (Fsp3) is 0.280. The van der Waals surface area contributed by atoms with Crippen LogP contribution in [-0.2, 0) is 6.54 Å². The Morgan fingerprint density at radius 1 is 1.11 bits per heavy atom. The molecule has 180 valence electrons. The normalized spacial score (nSPS) is 15.3. The van der Waals surface area contributed by atoms with Gasteiger partial charge in [-0.25, -0.2) is 9.37 Å². The third kappa shape index (κ3) is 4.65. The van der Waals surface area contributed by atoms with Gasteiger partial charge in [0.05, 0.1) is 18.3 Å². The SMILES string of the molecule is Cc1nc2[nH]ncc2c(=O)n1CC1(O)CCN(C(=O)c2ccc(Oc3ccc(F)cc3)cc2)CC1. The number of hydrogen-bond acceptors (Lipinski definition) is 6. The van der Waals surface area contributed by atoms with E-state index in [0.717, 1.165) is 0 Å². The van der Waals surface area contributed by atoms with Crippen molar-refractivity contribution in [3.05, 3.63) is 82.3 Å². The number of likely N-dealkylation sites (tertiary alicyclic amines) is 1. The van der Waals surface area contributed by atoms with Crippen molar-refractivity contribution in [1.29, 1.82) is 0 Å². The molecule has 3 heterocycles. The lowest BCUT2D eigenvalue weighted by Crippen LogP contribution is -2.50. The van der Waals surface area contributed by atoms with Crippen LogP contribution in [0.3, 0.4) is 0 Å². The van der Waals surface area contributed by atoms with Gasteiger partial charge in [-0.15, -0.1) is 0 Å². The Balaban J connectivity index is 1.22. The predicted molar refractivity (Wildman–Crippen MR) is 126 cm³/mol. The lowest BCUT2D eigenvalue weighted by atomic mass is 9.90. The molecule has 35 heavy (non-hydrogen) atoms. The van der Waals surface area contributed by atoms with Crippen molar-refractivity contribution >= 4 is 16.9 Å². The number of aromatic nitrogens is 4. The van der Waals surface area contributed by atoms with Gasteiger partial charge in [0.25, 0.3) is 11.5 Å². The molecule has 10 heteroatoms. The standard InChI is InChI=1S/C25H24FN5O4/c1-16-28-22-21(14-27-29-22)24(33)31(16)15-25(34)10-12-30(13-11-25)23(32)17-2-6-19(7-3-17)35-20-8-4-18(26)5-9-20/h2-9,14,34H,10-13,15H2,1H3,(H,27,29). The number of amides is 1. The first-order valence-electron chi connectivity index (χ1n) is 11.3. The number of H-pyrrole nitrogens is 1. The van der Waals surface area contributed by atoms with Crippen LogP contribution in [0.2, 0.25) is 0 Å². The minimum absolute atomic E-state index is 0.100. The molecule has 1 aliphatic rings. The number of aliphatic hydroxyl groups is 1. The average Bonchev–Trinajstić information content (AvgIpc) is 3.32. The van der Waals surface area contributed by atoms with Gasteiger partial charge >= 0.3 is 0 Å². The second kappa shape index (κ2) is 8.95. The Hall–Kier alpha value is -4.05. The summed E-state index contributed by atoms with van der Waals surface area (Å²) in [6.45, 7) is 2.53. The monoisotopic (exact) mass is 477 g/mol. The number of aromatic amines is 1. The van der Waals surface area contributed by atoms with Gasteiger partial charge < -0.3 is 14.7 Å². The first-order valence-corrected chi connectivity index (χ1v) is 11.3. The maximum absolute atomic E-state index is 13.0. The van der Waals surface area contributed by atoms with E-state index < -0.39 is 5.60 Å². The van der Waals surface area contributed by atoms with Crippen LogP contribution in [0.1, 0.15) is 29.0 Å². The Morgan fingerprint density at radius 2 is 1.74 bits per heavy atom. The molecule has 0 aliphatic carbocycles. The number of ether oxygens (including phenoxy) is 1. The van der Waals surface area contributed by atoms with Gasteiger partial charge in [-0.2, -0.15) is 5.10 Å². The van der Waals surface area contributed by atoms with Gasteiger partial charge in [-0.1, -0.05) is 0 Å². The van der Waals surface area contributed by atoms with Crippen molar-refractivity contribution in [1.82, 2.24) is 24.6 Å². The number of carbonyl (C=O) groups is 1. The van der Waals surface area contributed by atoms with Crippen LogP contribution in [0, 0.1) is 12.7 Å². The molecule has 0 radical (unpaired) electrons. The van der Waals surface area contributed by atoms with Gasteiger partial charge in [0.2, 0.25) is 0 Å². The minimum Gasteiger partial charge on any atom is -0.457 e. The van der Waals surface area contributed by atoms with E-state index in [9.17, 15) is 19.1 Å². The number of rotatable bonds is 5.